The minimum absolute atomic E-state index is 0.0181. The molecule has 1 unspecified atom stereocenters. The summed E-state index contributed by atoms with van der Waals surface area (Å²) in [5.74, 6) is -2.00. The van der Waals surface area contributed by atoms with Crippen LogP contribution in [0.3, 0.4) is 0 Å². The highest BCUT2D eigenvalue weighted by molar-refractivity contribution is 6.03. The largest absolute Gasteiger partial charge is 0.478 e. The highest BCUT2D eigenvalue weighted by Crippen LogP contribution is 2.44. The number of aryl methyl sites for hydroxylation is 1. The molecule has 0 spiro atoms. The van der Waals surface area contributed by atoms with Crippen LogP contribution in [0.1, 0.15) is 46.8 Å². The monoisotopic (exact) mass is 472 g/mol. The summed E-state index contributed by atoms with van der Waals surface area (Å²) < 4.78 is 5.58. The Balaban J connectivity index is 1.45. The van der Waals surface area contributed by atoms with Gasteiger partial charge >= 0.3 is 12.1 Å². The fraction of sp³-hybridized carbons (Fsp3) is 0.250. The van der Waals surface area contributed by atoms with Gasteiger partial charge < -0.3 is 20.5 Å². The van der Waals surface area contributed by atoms with Crippen molar-refractivity contribution < 1.29 is 24.2 Å². The summed E-state index contributed by atoms with van der Waals surface area (Å²) in [6.45, 7) is 5.38. The second kappa shape index (κ2) is 10.0. The van der Waals surface area contributed by atoms with Gasteiger partial charge in [0.15, 0.2) is 0 Å². The van der Waals surface area contributed by atoms with Gasteiger partial charge in [0.1, 0.15) is 12.6 Å². The molecule has 0 saturated carbocycles. The molecular weight excluding hydrogens is 444 g/mol. The van der Waals surface area contributed by atoms with Crippen LogP contribution in [0.2, 0.25) is 0 Å². The molecule has 7 nitrogen and oxygen atoms in total. The number of amides is 2. The predicted octanol–water partition coefficient (Wildman–Crippen LogP) is 5.20. The van der Waals surface area contributed by atoms with Crippen LogP contribution in [0.25, 0.3) is 11.1 Å². The van der Waals surface area contributed by atoms with Crippen molar-refractivity contribution in [2.45, 2.75) is 32.7 Å². The maximum Gasteiger partial charge on any atom is 0.407 e. The number of carbonyl (C=O) groups excluding carboxylic acids is 2. The third-order valence-corrected chi connectivity index (χ3v) is 6.31. The smallest absolute Gasteiger partial charge is 0.407 e. The molecule has 0 aliphatic heterocycles. The molecular formula is C28H28N2O5. The van der Waals surface area contributed by atoms with E-state index in [0.29, 0.717) is 5.56 Å². The number of carboxylic acid groups (broad SMARTS) is 1. The van der Waals surface area contributed by atoms with E-state index < -0.39 is 24.0 Å². The fourth-order valence-corrected chi connectivity index (χ4v) is 4.57. The zero-order chi connectivity index (χ0) is 25.1. The molecule has 0 fully saturated rings. The molecule has 1 atom stereocenters. The van der Waals surface area contributed by atoms with Crippen molar-refractivity contribution in [2.24, 2.45) is 5.92 Å². The van der Waals surface area contributed by atoms with E-state index in [1.165, 1.54) is 6.07 Å². The van der Waals surface area contributed by atoms with Crippen molar-refractivity contribution in [3.8, 4) is 11.1 Å². The summed E-state index contributed by atoms with van der Waals surface area (Å²) in [5.41, 5.74) is 5.18. The minimum Gasteiger partial charge on any atom is -0.478 e. The minimum atomic E-state index is -1.14. The van der Waals surface area contributed by atoms with Gasteiger partial charge in [-0.3, -0.25) is 4.79 Å². The Morgan fingerprint density at radius 1 is 0.914 bits per heavy atom. The van der Waals surface area contributed by atoms with E-state index in [1.54, 1.807) is 32.9 Å². The Hall–Kier alpha value is -4.13. The maximum atomic E-state index is 13.0. The van der Waals surface area contributed by atoms with E-state index in [0.717, 1.165) is 22.3 Å². The van der Waals surface area contributed by atoms with E-state index >= 15 is 0 Å². The number of aromatic carboxylic acids is 1. The average molecular weight is 473 g/mol. The van der Waals surface area contributed by atoms with Gasteiger partial charge in [0.05, 0.1) is 11.3 Å². The molecule has 0 radical (unpaired) electrons. The number of carboxylic acids is 1. The Kier molecular flexibility index (Phi) is 6.87. The predicted molar refractivity (Wildman–Crippen MR) is 134 cm³/mol. The van der Waals surface area contributed by atoms with Crippen molar-refractivity contribution >= 4 is 23.7 Å². The summed E-state index contributed by atoms with van der Waals surface area (Å²) in [7, 11) is 0. The van der Waals surface area contributed by atoms with Crippen molar-refractivity contribution in [2.75, 3.05) is 11.9 Å². The third kappa shape index (κ3) is 4.89. The molecule has 0 bridgehead atoms. The molecule has 0 aromatic heterocycles. The first-order valence-electron chi connectivity index (χ1n) is 11.5. The first-order chi connectivity index (χ1) is 16.8. The van der Waals surface area contributed by atoms with Crippen LogP contribution in [-0.2, 0) is 9.53 Å². The molecule has 35 heavy (non-hydrogen) atoms. The Morgan fingerprint density at radius 3 is 2.09 bits per heavy atom. The summed E-state index contributed by atoms with van der Waals surface area (Å²) in [6.07, 6.45) is -0.705. The highest BCUT2D eigenvalue weighted by atomic mass is 16.5. The Labute approximate surface area is 204 Å². The van der Waals surface area contributed by atoms with Crippen molar-refractivity contribution in [3.05, 3.63) is 89.0 Å². The van der Waals surface area contributed by atoms with E-state index in [2.05, 4.69) is 22.8 Å². The quantitative estimate of drug-likeness (QED) is 0.439. The number of nitrogens with one attached hydrogen (secondary N) is 2. The highest BCUT2D eigenvalue weighted by Gasteiger charge is 2.30. The first-order valence-corrected chi connectivity index (χ1v) is 11.5. The molecule has 3 N–H and O–H groups in total. The van der Waals surface area contributed by atoms with Gasteiger partial charge in [0.25, 0.3) is 0 Å². The number of hydrogen-bond acceptors (Lipinski definition) is 4. The lowest BCUT2D eigenvalue weighted by atomic mass is 9.98. The van der Waals surface area contributed by atoms with Crippen LogP contribution in [0.5, 0.6) is 0 Å². The number of alkyl carbamates (subject to hydrolysis) is 1. The van der Waals surface area contributed by atoms with Gasteiger partial charge in [-0.25, -0.2) is 9.59 Å². The lowest BCUT2D eigenvalue weighted by molar-refractivity contribution is -0.119. The van der Waals surface area contributed by atoms with E-state index in [-0.39, 0.29) is 29.7 Å². The van der Waals surface area contributed by atoms with Gasteiger partial charge in [-0.1, -0.05) is 74.5 Å². The molecule has 4 rings (SSSR count). The normalized spacial score (nSPS) is 13.0. The fourth-order valence-electron chi connectivity index (χ4n) is 4.57. The number of hydrogen-bond donors (Lipinski definition) is 3. The lowest BCUT2D eigenvalue weighted by Crippen LogP contribution is -2.47. The van der Waals surface area contributed by atoms with Crippen molar-refractivity contribution in [1.29, 1.82) is 0 Å². The molecule has 3 aromatic carbocycles. The lowest BCUT2D eigenvalue weighted by Gasteiger charge is -2.23. The van der Waals surface area contributed by atoms with E-state index in [4.69, 9.17) is 4.74 Å². The summed E-state index contributed by atoms with van der Waals surface area (Å²) in [6, 6.07) is 20.0. The van der Waals surface area contributed by atoms with E-state index in [9.17, 15) is 19.5 Å². The third-order valence-electron chi connectivity index (χ3n) is 6.31. The summed E-state index contributed by atoms with van der Waals surface area (Å²) in [4.78, 5) is 37.4. The molecule has 0 heterocycles. The topological polar surface area (TPSA) is 105 Å². The number of benzene rings is 3. The second-order valence-corrected chi connectivity index (χ2v) is 8.98. The average Bonchev–Trinajstić information content (AvgIpc) is 3.14. The van der Waals surface area contributed by atoms with Gasteiger partial charge in [-0.05, 0) is 46.7 Å². The molecule has 180 valence electrons. The number of fused-ring (bicyclic) bond motifs is 3. The molecule has 2 amide bonds. The zero-order valence-corrected chi connectivity index (χ0v) is 19.9. The molecule has 7 heteroatoms. The molecule has 1 aliphatic rings. The van der Waals surface area contributed by atoms with Gasteiger partial charge in [-0.2, -0.15) is 0 Å². The first kappa shape index (κ1) is 24.0. The van der Waals surface area contributed by atoms with Crippen LogP contribution in [0.15, 0.2) is 66.7 Å². The summed E-state index contributed by atoms with van der Waals surface area (Å²) in [5, 5.41) is 14.8. The molecule has 3 aromatic rings. The molecule has 1 aliphatic carbocycles. The van der Waals surface area contributed by atoms with Crippen molar-refractivity contribution in [3.63, 3.8) is 0 Å². The van der Waals surface area contributed by atoms with Crippen LogP contribution in [0, 0.1) is 12.8 Å². The van der Waals surface area contributed by atoms with Crippen molar-refractivity contribution in [1.82, 2.24) is 5.32 Å². The Bertz CT molecular complexity index is 1240. The van der Waals surface area contributed by atoms with E-state index in [1.807, 2.05) is 36.4 Å². The number of carbonyl (C=O) groups is 3. The number of rotatable bonds is 7. The van der Waals surface area contributed by atoms with Crippen LogP contribution >= 0.6 is 0 Å². The maximum absolute atomic E-state index is 13.0. The molecule has 0 saturated heterocycles. The second-order valence-electron chi connectivity index (χ2n) is 8.98. The SMILES string of the molecule is Cc1cccc(NC(=O)C(NC(=O)OCC2c3ccccc3-c3ccccc32)C(C)C)c1C(=O)O. The van der Waals surface area contributed by atoms with Gasteiger partial charge in [-0.15, -0.1) is 0 Å². The van der Waals surface area contributed by atoms with Crippen LogP contribution in [0.4, 0.5) is 10.5 Å². The zero-order valence-electron chi connectivity index (χ0n) is 19.9. The van der Waals surface area contributed by atoms with Crippen LogP contribution < -0.4 is 10.6 Å². The summed E-state index contributed by atoms with van der Waals surface area (Å²) >= 11 is 0. The standard InChI is InChI=1S/C28H28N2O5/c1-16(2)25(26(31)29-23-14-8-9-17(3)24(23)27(32)33)30-28(34)35-15-22-20-12-6-4-10-18(20)19-11-5-7-13-21(19)22/h4-14,16,22,25H,15H2,1-3H3,(H,29,31)(H,30,34)(H,32,33). The van der Waals surface area contributed by atoms with Gasteiger partial charge in [0.2, 0.25) is 5.91 Å². The number of anilines is 1. The number of ether oxygens (including phenoxy) is 1. The van der Waals surface area contributed by atoms with Gasteiger partial charge in [0, 0.05) is 5.92 Å². The Morgan fingerprint density at radius 2 is 1.51 bits per heavy atom. The van der Waals surface area contributed by atoms with Crippen LogP contribution in [-0.4, -0.2) is 35.7 Å².